The van der Waals surface area contributed by atoms with Gasteiger partial charge in [0.1, 0.15) is 0 Å². The molecule has 1 N–H and O–H groups in total. The number of hydrogen-bond acceptors (Lipinski definition) is 3. The summed E-state index contributed by atoms with van der Waals surface area (Å²) in [6.45, 7) is 16.7. The summed E-state index contributed by atoms with van der Waals surface area (Å²) in [6, 6.07) is 0.573. The average Bonchev–Trinajstić information content (AvgIpc) is 2.36. The highest BCUT2D eigenvalue weighted by Gasteiger charge is 2.28. The van der Waals surface area contributed by atoms with Crippen molar-refractivity contribution < 1.29 is 4.74 Å². The molecule has 0 aromatic carbocycles. The molecule has 0 aromatic rings. The minimum absolute atomic E-state index is 0.375. The minimum Gasteiger partial charge on any atom is -0.376 e. The molecule has 1 heterocycles. The third-order valence-electron chi connectivity index (χ3n) is 4.07. The molecule has 0 aromatic heterocycles. The van der Waals surface area contributed by atoms with Crippen LogP contribution < -0.4 is 5.32 Å². The quantitative estimate of drug-likeness (QED) is 0.757. The Bertz CT molecular complexity index is 233. The summed E-state index contributed by atoms with van der Waals surface area (Å²) in [5, 5.41) is 3.59. The van der Waals surface area contributed by atoms with E-state index in [1.165, 1.54) is 13.0 Å². The largest absolute Gasteiger partial charge is 0.376 e. The summed E-state index contributed by atoms with van der Waals surface area (Å²) < 4.78 is 5.75. The molecular formula is C15H32N2O. The van der Waals surface area contributed by atoms with Crippen LogP contribution in [0.2, 0.25) is 0 Å². The van der Waals surface area contributed by atoms with E-state index >= 15 is 0 Å². The van der Waals surface area contributed by atoms with Crippen molar-refractivity contribution in [3.05, 3.63) is 0 Å². The molecule has 0 radical (unpaired) electrons. The van der Waals surface area contributed by atoms with E-state index in [1.54, 1.807) is 0 Å². The van der Waals surface area contributed by atoms with Crippen LogP contribution in [-0.2, 0) is 4.74 Å². The smallest absolute Gasteiger partial charge is 0.0700 e. The molecule has 0 bridgehead atoms. The number of hydrogen-bond donors (Lipinski definition) is 1. The molecule has 1 rings (SSSR count). The zero-order valence-corrected chi connectivity index (χ0v) is 13.0. The summed E-state index contributed by atoms with van der Waals surface area (Å²) in [7, 11) is 0. The molecule has 2 atom stereocenters. The topological polar surface area (TPSA) is 24.5 Å². The molecule has 108 valence electrons. The zero-order chi connectivity index (χ0) is 13.6. The first-order valence-electron chi connectivity index (χ1n) is 7.56. The minimum atomic E-state index is 0.375. The lowest BCUT2D eigenvalue weighted by Gasteiger charge is -2.39. The van der Waals surface area contributed by atoms with Crippen molar-refractivity contribution in [1.82, 2.24) is 10.2 Å². The molecule has 2 unspecified atom stereocenters. The van der Waals surface area contributed by atoms with Gasteiger partial charge in [0.25, 0.3) is 0 Å². The number of nitrogens with one attached hydrogen (secondary N) is 1. The predicted molar refractivity (Wildman–Crippen MR) is 78.0 cm³/mol. The fourth-order valence-electron chi connectivity index (χ4n) is 2.45. The Kier molecular flexibility index (Phi) is 6.61. The highest BCUT2D eigenvalue weighted by Crippen LogP contribution is 2.23. The van der Waals surface area contributed by atoms with E-state index < -0.39 is 0 Å². The van der Waals surface area contributed by atoms with E-state index in [0.29, 0.717) is 17.6 Å². The maximum Gasteiger partial charge on any atom is 0.0700 e. The lowest BCUT2D eigenvalue weighted by atomic mass is 9.86. The molecule has 3 nitrogen and oxygen atoms in total. The number of ether oxygens (including phenoxy) is 1. The van der Waals surface area contributed by atoms with Gasteiger partial charge in [-0.25, -0.2) is 0 Å². The molecule has 0 spiro atoms. The fourth-order valence-corrected chi connectivity index (χ4v) is 2.45. The van der Waals surface area contributed by atoms with Crippen molar-refractivity contribution in [3.63, 3.8) is 0 Å². The second kappa shape index (κ2) is 7.46. The van der Waals surface area contributed by atoms with Crippen LogP contribution in [0.1, 0.15) is 47.5 Å². The van der Waals surface area contributed by atoms with E-state index in [1.807, 2.05) is 0 Å². The third-order valence-corrected chi connectivity index (χ3v) is 4.07. The number of rotatable bonds is 7. The fraction of sp³-hybridized carbons (Fsp3) is 1.00. The van der Waals surface area contributed by atoms with Crippen molar-refractivity contribution >= 4 is 0 Å². The van der Waals surface area contributed by atoms with E-state index in [2.05, 4.69) is 44.8 Å². The monoisotopic (exact) mass is 256 g/mol. The lowest BCUT2D eigenvalue weighted by molar-refractivity contribution is -0.0414. The highest BCUT2D eigenvalue weighted by molar-refractivity contribution is 4.82. The summed E-state index contributed by atoms with van der Waals surface area (Å²) in [4.78, 5) is 2.59. The van der Waals surface area contributed by atoms with Crippen LogP contribution in [0.3, 0.4) is 0 Å². The second-order valence-corrected chi connectivity index (χ2v) is 6.34. The van der Waals surface area contributed by atoms with Gasteiger partial charge in [-0.15, -0.1) is 0 Å². The van der Waals surface area contributed by atoms with Gasteiger partial charge < -0.3 is 10.1 Å². The molecule has 1 fully saturated rings. The second-order valence-electron chi connectivity index (χ2n) is 6.34. The highest BCUT2D eigenvalue weighted by atomic mass is 16.5. The Morgan fingerprint density at radius 2 is 2.11 bits per heavy atom. The van der Waals surface area contributed by atoms with Crippen molar-refractivity contribution in [3.8, 4) is 0 Å². The standard InChI is InChI=1S/C15H32N2O/c1-6-14-10-17(8-9-18-14)12-15(5,7-2)11-16-13(3)4/h13-14,16H,6-12H2,1-5H3. The Morgan fingerprint density at radius 3 is 2.67 bits per heavy atom. The van der Waals surface area contributed by atoms with Crippen LogP contribution in [0.15, 0.2) is 0 Å². The summed E-state index contributed by atoms with van der Waals surface area (Å²) >= 11 is 0. The molecule has 18 heavy (non-hydrogen) atoms. The van der Waals surface area contributed by atoms with Crippen molar-refractivity contribution in [1.29, 1.82) is 0 Å². The molecule has 0 aliphatic carbocycles. The van der Waals surface area contributed by atoms with Gasteiger partial charge in [0.2, 0.25) is 0 Å². The van der Waals surface area contributed by atoms with Crippen molar-refractivity contribution in [2.45, 2.75) is 59.6 Å². The first kappa shape index (κ1) is 15.9. The van der Waals surface area contributed by atoms with Gasteiger partial charge in [-0.1, -0.05) is 34.6 Å². The first-order chi connectivity index (χ1) is 8.49. The molecule has 0 saturated carbocycles. The molecule has 1 aliphatic heterocycles. The van der Waals surface area contributed by atoms with Gasteiger partial charge in [-0.2, -0.15) is 0 Å². The molecule has 1 aliphatic rings. The van der Waals surface area contributed by atoms with Crippen LogP contribution in [-0.4, -0.2) is 49.8 Å². The lowest BCUT2D eigenvalue weighted by Crippen LogP contribution is -2.49. The van der Waals surface area contributed by atoms with Crippen LogP contribution >= 0.6 is 0 Å². The number of nitrogens with zero attached hydrogens (tertiary/aromatic N) is 1. The maximum atomic E-state index is 5.75. The Morgan fingerprint density at radius 1 is 1.39 bits per heavy atom. The average molecular weight is 256 g/mol. The van der Waals surface area contributed by atoms with Gasteiger partial charge >= 0.3 is 0 Å². The summed E-state index contributed by atoms with van der Waals surface area (Å²) in [5.74, 6) is 0. The normalized spacial score (nSPS) is 25.3. The van der Waals surface area contributed by atoms with Gasteiger partial charge in [0, 0.05) is 32.2 Å². The van der Waals surface area contributed by atoms with E-state index in [9.17, 15) is 0 Å². The number of morpholine rings is 1. The van der Waals surface area contributed by atoms with Crippen LogP contribution in [0.5, 0.6) is 0 Å². The third kappa shape index (κ3) is 5.25. The van der Waals surface area contributed by atoms with E-state index in [-0.39, 0.29) is 0 Å². The summed E-state index contributed by atoms with van der Waals surface area (Å²) in [5.41, 5.74) is 0.375. The van der Waals surface area contributed by atoms with E-state index in [4.69, 9.17) is 4.74 Å². The van der Waals surface area contributed by atoms with E-state index in [0.717, 1.165) is 32.7 Å². The zero-order valence-electron chi connectivity index (χ0n) is 13.0. The van der Waals surface area contributed by atoms with Crippen molar-refractivity contribution in [2.24, 2.45) is 5.41 Å². The van der Waals surface area contributed by atoms with Crippen LogP contribution in [0, 0.1) is 5.41 Å². The summed E-state index contributed by atoms with van der Waals surface area (Å²) in [6.07, 6.45) is 2.79. The Balaban J connectivity index is 2.45. The van der Waals surface area contributed by atoms with Crippen LogP contribution in [0.25, 0.3) is 0 Å². The molecular weight excluding hydrogens is 224 g/mol. The molecule has 0 amide bonds. The van der Waals surface area contributed by atoms with Gasteiger partial charge in [-0.3, -0.25) is 4.90 Å². The van der Waals surface area contributed by atoms with Gasteiger partial charge in [-0.05, 0) is 18.3 Å². The molecule has 1 saturated heterocycles. The van der Waals surface area contributed by atoms with Gasteiger partial charge in [0.15, 0.2) is 0 Å². The van der Waals surface area contributed by atoms with Crippen molar-refractivity contribution in [2.75, 3.05) is 32.8 Å². The maximum absolute atomic E-state index is 5.75. The first-order valence-corrected chi connectivity index (χ1v) is 7.56. The van der Waals surface area contributed by atoms with Gasteiger partial charge in [0.05, 0.1) is 12.7 Å². The molecule has 3 heteroatoms. The van der Waals surface area contributed by atoms with Crippen LogP contribution in [0.4, 0.5) is 0 Å². The Hall–Kier alpha value is -0.120. The Labute approximate surface area is 113 Å². The predicted octanol–water partition coefficient (Wildman–Crippen LogP) is 2.51. The SMILES string of the molecule is CCC1CN(CC(C)(CC)CNC(C)C)CCO1.